The van der Waals surface area contributed by atoms with Crippen molar-refractivity contribution in [3.05, 3.63) is 5.82 Å². The second-order valence-corrected chi connectivity index (χ2v) is 3.64. The molecule has 1 amide bonds. The second-order valence-electron chi connectivity index (χ2n) is 2.58. The van der Waals surface area contributed by atoms with E-state index in [4.69, 9.17) is 5.73 Å². The summed E-state index contributed by atoms with van der Waals surface area (Å²) in [5, 5.41) is 8.27. The van der Waals surface area contributed by atoms with Crippen LogP contribution in [0, 0.1) is 0 Å². The van der Waals surface area contributed by atoms with Crippen molar-refractivity contribution in [2.24, 2.45) is 12.8 Å². The maximum Gasteiger partial charge on any atom is 0.286 e. The van der Waals surface area contributed by atoms with Gasteiger partial charge in [0.2, 0.25) is 5.82 Å². The monoisotopic (exact) mass is 200 g/mol. The third-order valence-electron chi connectivity index (χ3n) is 1.49. The Morgan fingerprint density at radius 1 is 1.62 bits per heavy atom. The van der Waals surface area contributed by atoms with E-state index in [-0.39, 0.29) is 5.82 Å². The van der Waals surface area contributed by atoms with Crippen LogP contribution in [-0.4, -0.2) is 26.4 Å². The third-order valence-corrected chi connectivity index (χ3v) is 2.72. The molecule has 1 rings (SSSR count). The minimum absolute atomic E-state index is 0.207. The van der Waals surface area contributed by atoms with Crippen LogP contribution in [0.5, 0.6) is 0 Å². The van der Waals surface area contributed by atoms with Crippen LogP contribution in [0.2, 0.25) is 0 Å². The average molecular weight is 200 g/mol. The highest BCUT2D eigenvalue weighted by Gasteiger charge is 2.12. The van der Waals surface area contributed by atoms with Crippen LogP contribution in [0.25, 0.3) is 0 Å². The molecule has 0 saturated heterocycles. The lowest BCUT2D eigenvalue weighted by Crippen LogP contribution is -2.16. The Hall–Kier alpha value is -1.04. The maximum atomic E-state index is 10.8. The first-order valence-corrected chi connectivity index (χ1v) is 4.97. The van der Waals surface area contributed by atoms with Gasteiger partial charge < -0.3 is 10.3 Å². The van der Waals surface area contributed by atoms with Crippen LogP contribution >= 0.6 is 11.8 Å². The molecule has 0 bridgehead atoms. The first-order chi connectivity index (χ1) is 6.16. The van der Waals surface area contributed by atoms with Gasteiger partial charge in [0.1, 0.15) is 0 Å². The standard InChI is InChI=1S/C7H12N4OS/c1-3-4-13-7-10-9-6(5(8)12)11(7)2/h3-4H2,1-2H3,(H2,8,12). The molecule has 6 heteroatoms. The molecular weight excluding hydrogens is 188 g/mol. The smallest absolute Gasteiger partial charge is 0.286 e. The van der Waals surface area contributed by atoms with E-state index in [9.17, 15) is 4.79 Å². The fourth-order valence-electron chi connectivity index (χ4n) is 0.849. The molecule has 0 radical (unpaired) electrons. The van der Waals surface area contributed by atoms with Crippen molar-refractivity contribution < 1.29 is 4.79 Å². The number of primary amides is 1. The van der Waals surface area contributed by atoms with Crippen LogP contribution in [0.15, 0.2) is 5.16 Å². The van der Waals surface area contributed by atoms with Crippen LogP contribution in [0.3, 0.4) is 0 Å². The number of rotatable bonds is 4. The molecule has 1 aromatic heterocycles. The van der Waals surface area contributed by atoms with Gasteiger partial charge in [-0.05, 0) is 6.42 Å². The Labute approximate surface area is 80.7 Å². The number of nitrogens with zero attached hydrogens (tertiary/aromatic N) is 3. The number of hydrogen-bond acceptors (Lipinski definition) is 4. The maximum absolute atomic E-state index is 10.8. The highest BCUT2D eigenvalue weighted by Crippen LogP contribution is 2.15. The van der Waals surface area contributed by atoms with E-state index in [2.05, 4.69) is 17.1 Å². The third kappa shape index (κ3) is 2.21. The first-order valence-electron chi connectivity index (χ1n) is 3.98. The normalized spacial score (nSPS) is 10.3. The molecular formula is C7H12N4OS. The van der Waals surface area contributed by atoms with Gasteiger partial charge in [0.05, 0.1) is 0 Å². The molecule has 0 aliphatic carbocycles. The van der Waals surface area contributed by atoms with E-state index in [0.717, 1.165) is 17.3 Å². The fraction of sp³-hybridized carbons (Fsp3) is 0.571. The lowest BCUT2D eigenvalue weighted by atomic mass is 10.6. The minimum atomic E-state index is -0.543. The van der Waals surface area contributed by atoms with Gasteiger partial charge in [-0.2, -0.15) is 0 Å². The van der Waals surface area contributed by atoms with Gasteiger partial charge in [-0.3, -0.25) is 4.79 Å². The molecule has 0 atom stereocenters. The molecule has 0 aromatic carbocycles. The summed E-state index contributed by atoms with van der Waals surface area (Å²) in [4.78, 5) is 10.8. The van der Waals surface area contributed by atoms with Crippen LogP contribution in [-0.2, 0) is 7.05 Å². The van der Waals surface area contributed by atoms with E-state index >= 15 is 0 Å². The van der Waals surface area contributed by atoms with Gasteiger partial charge >= 0.3 is 0 Å². The molecule has 0 unspecified atom stereocenters. The topological polar surface area (TPSA) is 73.8 Å². The lowest BCUT2D eigenvalue weighted by molar-refractivity contribution is 0.0986. The Morgan fingerprint density at radius 3 is 2.77 bits per heavy atom. The van der Waals surface area contributed by atoms with Crippen molar-refractivity contribution >= 4 is 17.7 Å². The number of nitrogens with two attached hydrogens (primary N) is 1. The molecule has 0 saturated carbocycles. The highest BCUT2D eigenvalue weighted by molar-refractivity contribution is 7.99. The highest BCUT2D eigenvalue weighted by atomic mass is 32.2. The van der Waals surface area contributed by atoms with Gasteiger partial charge in [-0.25, -0.2) is 0 Å². The van der Waals surface area contributed by atoms with Crippen molar-refractivity contribution in [3.63, 3.8) is 0 Å². The molecule has 13 heavy (non-hydrogen) atoms. The zero-order chi connectivity index (χ0) is 9.84. The summed E-state index contributed by atoms with van der Waals surface area (Å²) in [6.07, 6.45) is 1.06. The van der Waals surface area contributed by atoms with Gasteiger partial charge in [-0.15, -0.1) is 10.2 Å². The molecule has 0 fully saturated rings. The number of amides is 1. The zero-order valence-electron chi connectivity index (χ0n) is 7.65. The molecule has 5 nitrogen and oxygen atoms in total. The van der Waals surface area contributed by atoms with Crippen molar-refractivity contribution in [2.75, 3.05) is 5.75 Å². The summed E-state index contributed by atoms with van der Waals surface area (Å²) < 4.78 is 1.61. The fourth-order valence-corrected chi connectivity index (χ4v) is 1.61. The number of thioether (sulfide) groups is 1. The predicted octanol–water partition coefficient (Wildman–Crippen LogP) is 0.416. The van der Waals surface area contributed by atoms with Gasteiger partial charge in [0, 0.05) is 12.8 Å². The van der Waals surface area contributed by atoms with E-state index in [1.807, 2.05) is 0 Å². The first kappa shape index (κ1) is 10.0. The quantitative estimate of drug-likeness (QED) is 0.715. The number of carbonyl (C=O) groups is 1. The van der Waals surface area contributed by atoms with E-state index in [0.29, 0.717) is 0 Å². The summed E-state index contributed by atoms with van der Waals surface area (Å²) in [6.45, 7) is 2.08. The minimum Gasteiger partial charge on any atom is -0.363 e. The predicted molar refractivity (Wildman–Crippen MR) is 50.5 cm³/mol. The molecule has 1 aromatic rings. The number of aromatic nitrogens is 3. The van der Waals surface area contributed by atoms with E-state index in [1.165, 1.54) is 0 Å². The van der Waals surface area contributed by atoms with Gasteiger partial charge in [-0.1, -0.05) is 18.7 Å². The van der Waals surface area contributed by atoms with Crippen LogP contribution in [0.1, 0.15) is 24.0 Å². The summed E-state index contributed by atoms with van der Waals surface area (Å²) in [6, 6.07) is 0. The Morgan fingerprint density at radius 2 is 2.31 bits per heavy atom. The average Bonchev–Trinajstić information content (AvgIpc) is 2.43. The largest absolute Gasteiger partial charge is 0.363 e. The van der Waals surface area contributed by atoms with Crippen molar-refractivity contribution in [1.29, 1.82) is 0 Å². The Kier molecular flexibility index (Phi) is 3.30. The molecule has 0 spiro atoms. The Balaban J connectivity index is 2.80. The molecule has 72 valence electrons. The Bertz CT molecular complexity index is 309. The van der Waals surface area contributed by atoms with E-state index in [1.54, 1.807) is 23.4 Å². The lowest BCUT2D eigenvalue weighted by Gasteiger charge is -1.99. The number of hydrogen-bond donors (Lipinski definition) is 1. The number of carbonyl (C=O) groups excluding carboxylic acids is 1. The molecule has 2 N–H and O–H groups in total. The van der Waals surface area contributed by atoms with E-state index < -0.39 is 5.91 Å². The van der Waals surface area contributed by atoms with Crippen LogP contribution in [0.4, 0.5) is 0 Å². The van der Waals surface area contributed by atoms with Crippen molar-refractivity contribution in [1.82, 2.24) is 14.8 Å². The summed E-state index contributed by atoms with van der Waals surface area (Å²) in [5.41, 5.74) is 5.09. The summed E-state index contributed by atoms with van der Waals surface area (Å²) >= 11 is 1.57. The molecule has 1 heterocycles. The second kappa shape index (κ2) is 4.27. The van der Waals surface area contributed by atoms with Crippen molar-refractivity contribution in [3.8, 4) is 0 Å². The van der Waals surface area contributed by atoms with Gasteiger partial charge in [0.15, 0.2) is 5.16 Å². The zero-order valence-corrected chi connectivity index (χ0v) is 8.47. The van der Waals surface area contributed by atoms with Crippen LogP contribution < -0.4 is 5.73 Å². The van der Waals surface area contributed by atoms with Crippen molar-refractivity contribution in [2.45, 2.75) is 18.5 Å². The van der Waals surface area contributed by atoms with Gasteiger partial charge in [0.25, 0.3) is 5.91 Å². The summed E-state index contributed by atoms with van der Waals surface area (Å²) in [7, 11) is 1.73. The summed E-state index contributed by atoms with van der Waals surface area (Å²) in [5.74, 6) is 0.627. The molecule has 0 aliphatic heterocycles. The molecule has 0 aliphatic rings. The SMILES string of the molecule is CCCSc1nnc(C(N)=O)n1C.